The highest BCUT2D eigenvalue weighted by atomic mass is 16.3. The molecule has 106 valence electrons. The smallest absolute Gasteiger partial charge is 0.221 e. The predicted octanol–water partition coefficient (Wildman–Crippen LogP) is 0.247. The average Bonchev–Trinajstić information content (AvgIpc) is 2.44. The topological polar surface area (TPSA) is 78.6 Å². The van der Waals surface area contributed by atoms with Gasteiger partial charge in [0.1, 0.15) is 0 Å². The summed E-state index contributed by atoms with van der Waals surface area (Å²) < 4.78 is 0. The lowest BCUT2D eigenvalue weighted by molar-refractivity contribution is -0.120. The van der Waals surface area contributed by atoms with E-state index in [4.69, 9.17) is 5.73 Å². The summed E-state index contributed by atoms with van der Waals surface area (Å²) in [7, 11) is 3.51. The molecule has 0 aliphatic rings. The fourth-order valence-corrected chi connectivity index (χ4v) is 1.79. The van der Waals surface area contributed by atoms with Gasteiger partial charge in [-0.2, -0.15) is 0 Å². The first-order valence-corrected chi connectivity index (χ1v) is 6.43. The van der Waals surface area contributed by atoms with E-state index >= 15 is 0 Å². The second kappa shape index (κ2) is 7.89. The minimum absolute atomic E-state index is 0.00800. The van der Waals surface area contributed by atoms with Crippen LogP contribution in [0.5, 0.6) is 0 Å². The Hall–Kier alpha value is -1.43. The zero-order valence-corrected chi connectivity index (χ0v) is 11.6. The van der Waals surface area contributed by atoms with E-state index in [0.717, 1.165) is 11.1 Å². The van der Waals surface area contributed by atoms with Crippen LogP contribution in [0.15, 0.2) is 24.3 Å². The Balaban J connectivity index is 2.44. The molecule has 5 heteroatoms. The molecule has 1 aromatic rings. The third-order valence-corrected chi connectivity index (χ3v) is 3.08. The number of aliphatic hydroxyl groups excluding tert-OH is 1. The van der Waals surface area contributed by atoms with Gasteiger partial charge in [-0.05, 0) is 18.2 Å². The van der Waals surface area contributed by atoms with Gasteiger partial charge >= 0.3 is 0 Å². The van der Waals surface area contributed by atoms with E-state index < -0.39 is 6.10 Å². The van der Waals surface area contributed by atoms with Crippen LogP contribution in [-0.2, 0) is 11.3 Å². The number of amides is 1. The van der Waals surface area contributed by atoms with E-state index in [1.54, 1.807) is 7.05 Å². The third kappa shape index (κ3) is 5.38. The van der Waals surface area contributed by atoms with Crippen LogP contribution >= 0.6 is 0 Å². The standard InChI is InChI=1S/C14H23N3O2/c1-16-14(19)7-8-17(2)10-13(18)12-5-3-11(9-15)4-6-12/h3-6,13,18H,7-10,15H2,1-2H3,(H,16,19). The summed E-state index contributed by atoms with van der Waals surface area (Å²) in [6.45, 7) is 1.62. The first kappa shape index (κ1) is 15.6. The highest BCUT2D eigenvalue weighted by molar-refractivity contribution is 5.75. The molecule has 1 aromatic carbocycles. The predicted molar refractivity (Wildman–Crippen MR) is 75.5 cm³/mol. The Kier molecular flexibility index (Phi) is 6.49. The lowest BCUT2D eigenvalue weighted by atomic mass is 10.1. The first-order chi connectivity index (χ1) is 9.06. The molecule has 4 N–H and O–H groups in total. The molecule has 0 fully saturated rings. The van der Waals surface area contributed by atoms with Crippen LogP contribution in [0.2, 0.25) is 0 Å². The summed E-state index contributed by atoms with van der Waals surface area (Å²) in [6, 6.07) is 7.62. The number of carbonyl (C=O) groups excluding carboxylic acids is 1. The summed E-state index contributed by atoms with van der Waals surface area (Å²) >= 11 is 0. The molecule has 0 radical (unpaired) electrons. The highest BCUT2D eigenvalue weighted by Crippen LogP contribution is 2.14. The van der Waals surface area contributed by atoms with Crippen molar-refractivity contribution in [3.05, 3.63) is 35.4 Å². The van der Waals surface area contributed by atoms with Crippen LogP contribution < -0.4 is 11.1 Å². The van der Waals surface area contributed by atoms with Gasteiger partial charge in [-0.3, -0.25) is 4.79 Å². The molecule has 0 spiro atoms. The number of nitrogens with two attached hydrogens (primary N) is 1. The van der Waals surface area contributed by atoms with E-state index in [-0.39, 0.29) is 5.91 Å². The Labute approximate surface area is 114 Å². The van der Waals surface area contributed by atoms with Gasteiger partial charge in [0.15, 0.2) is 0 Å². The van der Waals surface area contributed by atoms with Gasteiger partial charge in [0.2, 0.25) is 5.91 Å². The van der Waals surface area contributed by atoms with Gasteiger partial charge in [-0.15, -0.1) is 0 Å². The van der Waals surface area contributed by atoms with Gasteiger partial charge < -0.3 is 21.1 Å². The van der Waals surface area contributed by atoms with E-state index in [1.165, 1.54) is 0 Å². The van der Waals surface area contributed by atoms with Crippen molar-refractivity contribution in [2.75, 3.05) is 27.2 Å². The molecule has 1 atom stereocenters. The van der Waals surface area contributed by atoms with E-state index in [2.05, 4.69) is 5.32 Å². The van der Waals surface area contributed by atoms with Gasteiger partial charge in [0.05, 0.1) is 6.10 Å². The molecule has 0 heterocycles. The first-order valence-electron chi connectivity index (χ1n) is 6.43. The number of carbonyl (C=O) groups is 1. The number of hydrogen-bond donors (Lipinski definition) is 3. The molecule has 1 rings (SSSR count). The molecular weight excluding hydrogens is 242 g/mol. The number of benzene rings is 1. The summed E-state index contributed by atoms with van der Waals surface area (Å²) in [5, 5.41) is 12.7. The van der Waals surface area contributed by atoms with Crippen molar-refractivity contribution < 1.29 is 9.90 Å². The molecule has 19 heavy (non-hydrogen) atoms. The molecule has 5 nitrogen and oxygen atoms in total. The second-order valence-corrected chi connectivity index (χ2v) is 4.65. The normalized spacial score (nSPS) is 12.5. The Morgan fingerprint density at radius 2 is 2.05 bits per heavy atom. The minimum Gasteiger partial charge on any atom is -0.387 e. The molecule has 0 saturated heterocycles. The van der Waals surface area contributed by atoms with Crippen molar-refractivity contribution in [2.24, 2.45) is 5.73 Å². The van der Waals surface area contributed by atoms with Gasteiger partial charge in [0.25, 0.3) is 0 Å². The molecular formula is C14H23N3O2. The maximum absolute atomic E-state index is 11.1. The molecule has 0 aromatic heterocycles. The van der Waals surface area contributed by atoms with Crippen LogP contribution in [0.25, 0.3) is 0 Å². The lowest BCUT2D eigenvalue weighted by Gasteiger charge is -2.20. The van der Waals surface area contributed by atoms with E-state index in [0.29, 0.717) is 26.1 Å². The van der Waals surface area contributed by atoms with E-state index in [1.807, 2.05) is 36.2 Å². The van der Waals surface area contributed by atoms with Crippen molar-refractivity contribution in [3.8, 4) is 0 Å². The number of nitrogens with zero attached hydrogens (tertiary/aromatic N) is 1. The second-order valence-electron chi connectivity index (χ2n) is 4.65. The molecule has 0 aliphatic heterocycles. The summed E-state index contributed by atoms with van der Waals surface area (Å²) in [5.41, 5.74) is 7.44. The molecule has 0 saturated carbocycles. The quantitative estimate of drug-likeness (QED) is 0.660. The van der Waals surface area contributed by atoms with Gasteiger partial charge in [-0.1, -0.05) is 24.3 Å². The minimum atomic E-state index is -0.554. The highest BCUT2D eigenvalue weighted by Gasteiger charge is 2.11. The number of rotatable bonds is 7. The maximum Gasteiger partial charge on any atom is 0.221 e. The Morgan fingerprint density at radius 1 is 1.42 bits per heavy atom. The molecule has 1 amide bonds. The van der Waals surface area contributed by atoms with Crippen LogP contribution in [0.3, 0.4) is 0 Å². The van der Waals surface area contributed by atoms with Crippen molar-refractivity contribution in [3.63, 3.8) is 0 Å². The van der Waals surface area contributed by atoms with Crippen molar-refractivity contribution in [1.29, 1.82) is 0 Å². The number of aliphatic hydroxyl groups is 1. The Morgan fingerprint density at radius 3 is 2.58 bits per heavy atom. The number of likely N-dealkylation sites (N-methyl/N-ethyl adjacent to an activating group) is 1. The SMILES string of the molecule is CNC(=O)CCN(C)CC(O)c1ccc(CN)cc1. The van der Waals surface area contributed by atoms with Crippen LogP contribution in [0.4, 0.5) is 0 Å². The molecule has 1 unspecified atom stereocenters. The number of hydrogen-bond acceptors (Lipinski definition) is 4. The van der Waals surface area contributed by atoms with Crippen LogP contribution in [-0.4, -0.2) is 43.1 Å². The van der Waals surface area contributed by atoms with Gasteiger partial charge in [0, 0.05) is 33.1 Å². The van der Waals surface area contributed by atoms with Gasteiger partial charge in [-0.25, -0.2) is 0 Å². The van der Waals surface area contributed by atoms with Crippen molar-refractivity contribution in [2.45, 2.75) is 19.1 Å². The van der Waals surface area contributed by atoms with Crippen LogP contribution in [0.1, 0.15) is 23.7 Å². The van der Waals surface area contributed by atoms with Crippen molar-refractivity contribution >= 4 is 5.91 Å². The van der Waals surface area contributed by atoms with Crippen molar-refractivity contribution in [1.82, 2.24) is 10.2 Å². The zero-order chi connectivity index (χ0) is 14.3. The molecule has 0 aliphatic carbocycles. The summed E-state index contributed by atoms with van der Waals surface area (Å²) in [4.78, 5) is 13.1. The maximum atomic E-state index is 11.1. The lowest BCUT2D eigenvalue weighted by Crippen LogP contribution is -2.29. The number of nitrogens with one attached hydrogen (secondary N) is 1. The average molecular weight is 265 g/mol. The fourth-order valence-electron chi connectivity index (χ4n) is 1.79. The summed E-state index contributed by atoms with van der Waals surface area (Å²) in [5.74, 6) is 0.00800. The monoisotopic (exact) mass is 265 g/mol. The fraction of sp³-hybridized carbons (Fsp3) is 0.500. The zero-order valence-electron chi connectivity index (χ0n) is 11.6. The van der Waals surface area contributed by atoms with Crippen LogP contribution in [0, 0.1) is 0 Å². The molecule has 0 bridgehead atoms. The van der Waals surface area contributed by atoms with E-state index in [9.17, 15) is 9.90 Å². The third-order valence-electron chi connectivity index (χ3n) is 3.08. The summed E-state index contributed by atoms with van der Waals surface area (Å²) in [6.07, 6.45) is -0.118. The Bertz CT molecular complexity index is 392. The largest absolute Gasteiger partial charge is 0.387 e.